The van der Waals surface area contributed by atoms with Crippen LogP contribution in [0.5, 0.6) is 0 Å². The summed E-state index contributed by atoms with van der Waals surface area (Å²) in [6, 6.07) is 14.3. The van der Waals surface area contributed by atoms with Gasteiger partial charge >= 0.3 is 0 Å². The molecule has 1 aliphatic rings. The smallest absolute Gasteiger partial charge is 0.229 e. The minimum atomic E-state index is -0.00184. The van der Waals surface area contributed by atoms with Crippen molar-refractivity contribution < 1.29 is 4.79 Å². The molecule has 0 aliphatic carbocycles. The van der Waals surface area contributed by atoms with Gasteiger partial charge in [0.25, 0.3) is 0 Å². The van der Waals surface area contributed by atoms with Gasteiger partial charge in [-0.15, -0.1) is 0 Å². The van der Waals surface area contributed by atoms with E-state index < -0.39 is 0 Å². The third kappa shape index (κ3) is 3.58. The van der Waals surface area contributed by atoms with Crippen molar-refractivity contribution in [2.75, 3.05) is 23.3 Å². The van der Waals surface area contributed by atoms with E-state index in [0.717, 1.165) is 47.8 Å². The maximum atomic E-state index is 12.7. The van der Waals surface area contributed by atoms with Gasteiger partial charge < -0.3 is 10.2 Å². The number of benzene rings is 2. The highest BCUT2D eigenvalue weighted by atomic mass is 32.1. The highest BCUT2D eigenvalue weighted by Crippen LogP contribution is 2.32. The summed E-state index contributed by atoms with van der Waals surface area (Å²) >= 11 is 1.72. The van der Waals surface area contributed by atoms with Gasteiger partial charge in [-0.05, 0) is 62.1 Å². The third-order valence-corrected chi connectivity index (χ3v) is 5.96. The van der Waals surface area contributed by atoms with Gasteiger partial charge in [-0.2, -0.15) is 0 Å². The molecule has 1 saturated heterocycles. The van der Waals surface area contributed by atoms with E-state index >= 15 is 0 Å². The van der Waals surface area contributed by atoms with E-state index in [0.29, 0.717) is 0 Å². The number of piperidine rings is 1. The van der Waals surface area contributed by atoms with Crippen molar-refractivity contribution >= 4 is 38.3 Å². The Labute approximate surface area is 157 Å². The molecule has 2 heterocycles. The van der Waals surface area contributed by atoms with Gasteiger partial charge in [-0.1, -0.05) is 29.5 Å². The van der Waals surface area contributed by atoms with Crippen LogP contribution < -0.4 is 10.2 Å². The summed E-state index contributed by atoms with van der Waals surface area (Å²) in [6.07, 6.45) is 1.94. The van der Waals surface area contributed by atoms with E-state index in [9.17, 15) is 4.79 Å². The molecule has 1 aromatic heterocycles. The maximum absolute atomic E-state index is 12.7. The van der Waals surface area contributed by atoms with Crippen LogP contribution in [-0.4, -0.2) is 24.0 Å². The maximum Gasteiger partial charge on any atom is 0.229 e. The monoisotopic (exact) mass is 365 g/mol. The van der Waals surface area contributed by atoms with Gasteiger partial charge in [0.2, 0.25) is 5.91 Å². The molecule has 1 unspecified atom stereocenters. The normalized spacial score (nSPS) is 17.5. The second-order valence-corrected chi connectivity index (χ2v) is 8.12. The predicted octanol–water partition coefficient (Wildman–Crippen LogP) is 4.77. The number of aryl methyl sites for hydroxylation is 2. The van der Waals surface area contributed by atoms with Crippen molar-refractivity contribution in [1.82, 2.24) is 4.98 Å². The number of hydrogen-bond donors (Lipinski definition) is 1. The van der Waals surface area contributed by atoms with Crippen molar-refractivity contribution in [2.24, 2.45) is 5.92 Å². The Bertz CT molecular complexity index is 949. The Morgan fingerprint density at radius 1 is 1.19 bits per heavy atom. The van der Waals surface area contributed by atoms with Crippen molar-refractivity contribution in [3.8, 4) is 0 Å². The molecule has 0 saturated carbocycles. The molecule has 1 fully saturated rings. The standard InChI is InChI=1S/C21H23N3OS/c1-14-5-3-7-17(11-14)22-20(25)16-6-4-10-24(13-16)21-23-18-9-8-15(2)12-19(18)26-21/h3,5,7-9,11-12,16H,4,6,10,13H2,1-2H3,(H,22,25). The van der Waals surface area contributed by atoms with Gasteiger partial charge in [0, 0.05) is 18.8 Å². The molecular weight excluding hydrogens is 342 g/mol. The van der Waals surface area contributed by atoms with Gasteiger partial charge in [-0.3, -0.25) is 4.79 Å². The van der Waals surface area contributed by atoms with Crippen LogP contribution in [0, 0.1) is 19.8 Å². The van der Waals surface area contributed by atoms with Gasteiger partial charge in [-0.25, -0.2) is 4.98 Å². The number of rotatable bonds is 3. The number of amides is 1. The minimum absolute atomic E-state index is 0.00184. The predicted molar refractivity (Wildman–Crippen MR) is 109 cm³/mol. The first-order valence-corrected chi connectivity index (χ1v) is 9.90. The van der Waals surface area contributed by atoms with E-state index in [1.807, 2.05) is 31.2 Å². The van der Waals surface area contributed by atoms with Gasteiger partial charge in [0.1, 0.15) is 0 Å². The van der Waals surface area contributed by atoms with Crippen LogP contribution in [0.1, 0.15) is 24.0 Å². The number of carbonyl (C=O) groups excluding carboxylic acids is 1. The Balaban J connectivity index is 1.48. The number of aromatic nitrogens is 1. The van der Waals surface area contributed by atoms with Crippen molar-refractivity contribution in [3.63, 3.8) is 0 Å². The molecule has 4 rings (SSSR count). The molecule has 3 aromatic rings. The second-order valence-electron chi connectivity index (χ2n) is 7.11. The molecule has 1 N–H and O–H groups in total. The van der Waals surface area contributed by atoms with E-state index in [-0.39, 0.29) is 11.8 Å². The fraction of sp³-hybridized carbons (Fsp3) is 0.333. The molecular formula is C21H23N3OS. The summed E-state index contributed by atoms with van der Waals surface area (Å²) in [7, 11) is 0. The number of thiazole rings is 1. The minimum Gasteiger partial charge on any atom is -0.347 e. The van der Waals surface area contributed by atoms with Crippen LogP contribution in [0.15, 0.2) is 42.5 Å². The zero-order valence-electron chi connectivity index (χ0n) is 15.2. The Morgan fingerprint density at radius 2 is 2.04 bits per heavy atom. The first-order chi connectivity index (χ1) is 12.6. The molecule has 5 heteroatoms. The van der Waals surface area contributed by atoms with Crippen molar-refractivity contribution in [1.29, 1.82) is 0 Å². The zero-order valence-corrected chi connectivity index (χ0v) is 16.0. The van der Waals surface area contributed by atoms with E-state index in [1.54, 1.807) is 11.3 Å². The fourth-order valence-electron chi connectivity index (χ4n) is 3.49. The van der Waals surface area contributed by atoms with Crippen LogP contribution >= 0.6 is 11.3 Å². The Morgan fingerprint density at radius 3 is 2.88 bits per heavy atom. The van der Waals surface area contributed by atoms with Gasteiger partial charge in [0.15, 0.2) is 5.13 Å². The Kier molecular flexibility index (Phi) is 4.64. The molecule has 2 aromatic carbocycles. The van der Waals surface area contributed by atoms with Crippen molar-refractivity contribution in [3.05, 3.63) is 53.6 Å². The fourth-order valence-corrected chi connectivity index (χ4v) is 4.59. The third-order valence-electron chi connectivity index (χ3n) is 4.88. The molecule has 0 spiro atoms. The molecule has 26 heavy (non-hydrogen) atoms. The molecule has 0 radical (unpaired) electrons. The van der Waals surface area contributed by atoms with Crippen LogP contribution in [-0.2, 0) is 4.79 Å². The van der Waals surface area contributed by atoms with Crippen LogP contribution in [0.3, 0.4) is 0 Å². The number of hydrogen-bond acceptors (Lipinski definition) is 4. The van der Waals surface area contributed by atoms with Crippen LogP contribution in [0.4, 0.5) is 10.8 Å². The quantitative estimate of drug-likeness (QED) is 0.727. The number of nitrogens with zero attached hydrogens (tertiary/aromatic N) is 2. The lowest BCUT2D eigenvalue weighted by molar-refractivity contribution is -0.120. The number of nitrogens with one attached hydrogen (secondary N) is 1. The molecule has 0 bridgehead atoms. The summed E-state index contributed by atoms with van der Waals surface area (Å²) < 4.78 is 1.21. The number of anilines is 2. The molecule has 1 amide bonds. The average molecular weight is 366 g/mol. The summed E-state index contributed by atoms with van der Waals surface area (Å²) in [5.41, 5.74) is 4.32. The highest BCUT2D eigenvalue weighted by molar-refractivity contribution is 7.22. The van der Waals surface area contributed by atoms with E-state index in [4.69, 9.17) is 4.98 Å². The highest BCUT2D eigenvalue weighted by Gasteiger charge is 2.27. The lowest BCUT2D eigenvalue weighted by Gasteiger charge is -2.31. The lowest BCUT2D eigenvalue weighted by atomic mass is 9.97. The molecule has 1 aliphatic heterocycles. The molecule has 4 nitrogen and oxygen atoms in total. The first kappa shape index (κ1) is 17.0. The second kappa shape index (κ2) is 7.08. The first-order valence-electron chi connectivity index (χ1n) is 9.08. The number of fused-ring (bicyclic) bond motifs is 1. The summed E-state index contributed by atoms with van der Waals surface area (Å²) in [4.78, 5) is 19.8. The van der Waals surface area contributed by atoms with E-state index in [2.05, 4.69) is 35.3 Å². The average Bonchev–Trinajstić information content (AvgIpc) is 3.05. The Hall–Kier alpha value is -2.40. The molecule has 1 atom stereocenters. The summed E-state index contributed by atoms with van der Waals surface area (Å²) in [5.74, 6) is 0.107. The van der Waals surface area contributed by atoms with E-state index in [1.165, 1.54) is 10.3 Å². The van der Waals surface area contributed by atoms with Gasteiger partial charge in [0.05, 0.1) is 16.1 Å². The largest absolute Gasteiger partial charge is 0.347 e. The number of carbonyl (C=O) groups is 1. The van der Waals surface area contributed by atoms with Crippen LogP contribution in [0.2, 0.25) is 0 Å². The summed E-state index contributed by atoms with van der Waals surface area (Å²) in [6.45, 7) is 5.84. The molecule has 134 valence electrons. The SMILES string of the molecule is Cc1cccc(NC(=O)C2CCCN(c3nc4ccc(C)cc4s3)C2)c1. The van der Waals surface area contributed by atoms with Crippen molar-refractivity contribution in [2.45, 2.75) is 26.7 Å². The lowest BCUT2D eigenvalue weighted by Crippen LogP contribution is -2.40. The zero-order chi connectivity index (χ0) is 18.1. The topological polar surface area (TPSA) is 45.2 Å². The summed E-state index contributed by atoms with van der Waals surface area (Å²) in [5, 5.41) is 4.10. The van der Waals surface area contributed by atoms with Crippen LogP contribution in [0.25, 0.3) is 10.2 Å².